The molecule has 5 heteroatoms. The molecule has 0 bridgehead atoms. The molecule has 0 radical (unpaired) electrons. The van der Waals surface area contributed by atoms with Gasteiger partial charge >= 0.3 is 5.97 Å². The molecule has 2 N–H and O–H groups in total. The van der Waals surface area contributed by atoms with Gasteiger partial charge in [0.25, 0.3) is 0 Å². The zero-order chi connectivity index (χ0) is 10.6. The standard InChI is InChI=1S/C9H9NO4/c1-14-7-4-2-6(3-5-7)8(10-13)9(11)12/h2-5,13H,1H3,(H,11,12). The minimum atomic E-state index is -1.28. The molecular formula is C9H9NO4. The Hall–Kier alpha value is -2.04. The Balaban J connectivity index is 3.02. The normalized spacial score (nSPS) is 11.1. The Labute approximate surface area is 80.2 Å². The van der Waals surface area contributed by atoms with E-state index in [9.17, 15) is 4.79 Å². The monoisotopic (exact) mass is 195 g/mol. The molecule has 0 saturated heterocycles. The van der Waals surface area contributed by atoms with Gasteiger partial charge in [0.2, 0.25) is 0 Å². The van der Waals surface area contributed by atoms with Gasteiger partial charge in [-0.15, -0.1) is 0 Å². The van der Waals surface area contributed by atoms with E-state index in [4.69, 9.17) is 15.1 Å². The quantitative estimate of drug-likeness (QED) is 0.427. The molecule has 0 fully saturated rings. The van der Waals surface area contributed by atoms with Gasteiger partial charge in [-0.2, -0.15) is 0 Å². The summed E-state index contributed by atoms with van der Waals surface area (Å²) in [5.41, 5.74) is -0.0755. The van der Waals surface area contributed by atoms with Crippen molar-refractivity contribution in [2.24, 2.45) is 5.16 Å². The Morgan fingerprint density at radius 3 is 2.29 bits per heavy atom. The van der Waals surface area contributed by atoms with Gasteiger partial charge in [0.05, 0.1) is 7.11 Å². The SMILES string of the molecule is COc1ccc(C(=NO)C(=O)O)cc1. The van der Waals surface area contributed by atoms with Gasteiger partial charge in [-0.05, 0) is 24.3 Å². The summed E-state index contributed by atoms with van der Waals surface area (Å²) in [6.07, 6.45) is 0. The molecule has 0 atom stereocenters. The van der Waals surface area contributed by atoms with E-state index in [0.29, 0.717) is 11.3 Å². The topological polar surface area (TPSA) is 79.1 Å². The Morgan fingerprint density at radius 1 is 1.36 bits per heavy atom. The van der Waals surface area contributed by atoms with Gasteiger partial charge in [0, 0.05) is 5.56 Å². The molecule has 1 rings (SSSR count). The zero-order valence-electron chi connectivity index (χ0n) is 7.47. The summed E-state index contributed by atoms with van der Waals surface area (Å²) >= 11 is 0. The number of hydrogen-bond acceptors (Lipinski definition) is 4. The van der Waals surface area contributed by atoms with Gasteiger partial charge < -0.3 is 15.1 Å². The highest BCUT2D eigenvalue weighted by Gasteiger charge is 2.12. The number of carboxylic acid groups (broad SMARTS) is 1. The highest BCUT2D eigenvalue weighted by Crippen LogP contribution is 2.11. The van der Waals surface area contributed by atoms with Crippen LogP contribution in [0.4, 0.5) is 0 Å². The molecule has 0 amide bonds. The summed E-state index contributed by atoms with van der Waals surface area (Å²) in [6.45, 7) is 0. The van der Waals surface area contributed by atoms with Gasteiger partial charge in [-0.25, -0.2) is 4.79 Å². The molecule has 0 aliphatic carbocycles. The number of carbonyl (C=O) groups is 1. The number of aliphatic carboxylic acids is 1. The highest BCUT2D eigenvalue weighted by molar-refractivity contribution is 6.42. The first-order valence-corrected chi connectivity index (χ1v) is 3.79. The number of methoxy groups -OCH3 is 1. The van der Waals surface area contributed by atoms with Crippen LogP contribution in [0.2, 0.25) is 0 Å². The minimum absolute atomic E-state index is 0.320. The van der Waals surface area contributed by atoms with E-state index in [1.54, 1.807) is 12.1 Å². The van der Waals surface area contributed by atoms with Gasteiger partial charge in [0.1, 0.15) is 5.75 Å². The number of carboxylic acids is 1. The summed E-state index contributed by atoms with van der Waals surface area (Å²) in [5, 5.41) is 19.8. The lowest BCUT2D eigenvalue weighted by atomic mass is 10.1. The Bertz CT molecular complexity index is 356. The van der Waals surface area contributed by atoms with Crippen LogP contribution in [0, 0.1) is 0 Å². The van der Waals surface area contributed by atoms with Crippen LogP contribution in [0.5, 0.6) is 5.75 Å². The van der Waals surface area contributed by atoms with E-state index in [1.165, 1.54) is 19.2 Å². The molecular weight excluding hydrogens is 186 g/mol. The van der Waals surface area contributed by atoms with Crippen molar-refractivity contribution in [2.45, 2.75) is 0 Å². The lowest BCUT2D eigenvalue weighted by Gasteiger charge is -2.01. The van der Waals surface area contributed by atoms with Crippen LogP contribution in [0.1, 0.15) is 5.56 Å². The van der Waals surface area contributed by atoms with E-state index >= 15 is 0 Å². The van der Waals surface area contributed by atoms with Crippen molar-refractivity contribution >= 4 is 11.7 Å². The van der Waals surface area contributed by atoms with Crippen LogP contribution in [0.15, 0.2) is 29.4 Å². The lowest BCUT2D eigenvalue weighted by Crippen LogP contribution is -2.14. The van der Waals surface area contributed by atoms with Crippen molar-refractivity contribution in [3.05, 3.63) is 29.8 Å². The summed E-state index contributed by atoms with van der Waals surface area (Å²) in [5.74, 6) is -0.672. The molecule has 14 heavy (non-hydrogen) atoms. The smallest absolute Gasteiger partial charge is 0.358 e. The molecule has 5 nitrogen and oxygen atoms in total. The molecule has 0 heterocycles. The molecule has 0 aromatic heterocycles. The minimum Gasteiger partial charge on any atom is -0.497 e. The van der Waals surface area contributed by atoms with Crippen LogP contribution in [0.3, 0.4) is 0 Å². The first-order chi connectivity index (χ1) is 6.69. The molecule has 0 spiro atoms. The predicted octanol–water partition coefficient (Wildman–Crippen LogP) is 0.958. The van der Waals surface area contributed by atoms with E-state index in [0.717, 1.165) is 0 Å². The van der Waals surface area contributed by atoms with Crippen LogP contribution >= 0.6 is 0 Å². The maximum absolute atomic E-state index is 10.6. The van der Waals surface area contributed by atoms with Crippen LogP contribution in [-0.2, 0) is 4.79 Å². The maximum Gasteiger partial charge on any atom is 0.358 e. The maximum atomic E-state index is 10.6. The predicted molar refractivity (Wildman–Crippen MR) is 49.0 cm³/mol. The van der Waals surface area contributed by atoms with Crippen molar-refractivity contribution in [1.29, 1.82) is 0 Å². The molecule has 74 valence electrons. The summed E-state index contributed by atoms with van der Waals surface area (Å²) in [4.78, 5) is 10.6. The number of ether oxygens (including phenoxy) is 1. The van der Waals surface area contributed by atoms with Crippen LogP contribution in [-0.4, -0.2) is 29.1 Å². The second-order valence-electron chi connectivity index (χ2n) is 2.48. The first-order valence-electron chi connectivity index (χ1n) is 3.79. The van der Waals surface area contributed by atoms with Crippen molar-refractivity contribution in [3.8, 4) is 5.75 Å². The van der Waals surface area contributed by atoms with E-state index in [2.05, 4.69) is 5.16 Å². The van der Waals surface area contributed by atoms with E-state index in [1.807, 2.05) is 0 Å². The molecule has 1 aromatic rings. The Morgan fingerprint density at radius 2 is 1.93 bits per heavy atom. The van der Waals surface area contributed by atoms with Crippen molar-refractivity contribution in [3.63, 3.8) is 0 Å². The van der Waals surface area contributed by atoms with E-state index < -0.39 is 11.7 Å². The number of hydrogen-bond donors (Lipinski definition) is 2. The van der Waals surface area contributed by atoms with Gasteiger partial charge in [-0.1, -0.05) is 5.16 Å². The third-order valence-electron chi connectivity index (χ3n) is 1.67. The summed E-state index contributed by atoms with van der Waals surface area (Å²) in [7, 11) is 1.51. The summed E-state index contributed by atoms with van der Waals surface area (Å²) in [6, 6.07) is 6.18. The van der Waals surface area contributed by atoms with Gasteiger partial charge in [-0.3, -0.25) is 0 Å². The third kappa shape index (κ3) is 2.01. The molecule has 0 aliphatic heterocycles. The first kappa shape index (κ1) is 10.0. The number of oxime groups is 1. The van der Waals surface area contributed by atoms with Crippen molar-refractivity contribution in [1.82, 2.24) is 0 Å². The fourth-order valence-electron chi connectivity index (χ4n) is 0.973. The van der Waals surface area contributed by atoms with Gasteiger partial charge in [0.15, 0.2) is 5.71 Å². The number of rotatable bonds is 3. The average molecular weight is 195 g/mol. The summed E-state index contributed by atoms with van der Waals surface area (Å²) < 4.78 is 4.89. The molecule has 0 unspecified atom stereocenters. The largest absolute Gasteiger partial charge is 0.497 e. The second-order valence-corrected chi connectivity index (χ2v) is 2.48. The molecule has 0 saturated carbocycles. The molecule has 1 aromatic carbocycles. The van der Waals surface area contributed by atoms with Crippen molar-refractivity contribution in [2.75, 3.05) is 7.11 Å². The Kier molecular flexibility index (Phi) is 3.06. The van der Waals surface area contributed by atoms with Crippen LogP contribution in [0.25, 0.3) is 0 Å². The molecule has 0 aliphatic rings. The lowest BCUT2D eigenvalue weighted by molar-refractivity contribution is -0.129. The zero-order valence-corrected chi connectivity index (χ0v) is 7.47. The van der Waals surface area contributed by atoms with Crippen LogP contribution < -0.4 is 4.74 Å². The number of benzene rings is 1. The average Bonchev–Trinajstić information content (AvgIpc) is 2.19. The fourth-order valence-corrected chi connectivity index (χ4v) is 0.973. The fraction of sp³-hybridized carbons (Fsp3) is 0.111. The third-order valence-corrected chi connectivity index (χ3v) is 1.67. The van der Waals surface area contributed by atoms with E-state index in [-0.39, 0.29) is 0 Å². The highest BCUT2D eigenvalue weighted by atomic mass is 16.5. The van der Waals surface area contributed by atoms with Crippen molar-refractivity contribution < 1.29 is 19.8 Å². The number of nitrogens with zero attached hydrogens (tertiary/aromatic N) is 1. The second kappa shape index (κ2) is 4.27.